The van der Waals surface area contributed by atoms with E-state index in [1.165, 1.54) is 0 Å². The van der Waals surface area contributed by atoms with E-state index < -0.39 is 6.29 Å². The summed E-state index contributed by atoms with van der Waals surface area (Å²) in [4.78, 5) is 24.5. The monoisotopic (exact) mass is 446 g/mol. The Kier molecular flexibility index (Phi) is 10.9. The zero-order valence-corrected chi connectivity index (χ0v) is 19.1. The van der Waals surface area contributed by atoms with Gasteiger partial charge in [-0.2, -0.15) is 25.3 Å². The molecule has 0 aliphatic carbocycles. The molecule has 0 bridgehead atoms. The zero-order chi connectivity index (χ0) is 21.8. The van der Waals surface area contributed by atoms with Gasteiger partial charge in [-0.05, 0) is 30.4 Å². The zero-order valence-electron chi connectivity index (χ0n) is 17.3. The van der Waals surface area contributed by atoms with Crippen molar-refractivity contribution in [1.82, 2.24) is 0 Å². The number of rotatable bonds is 12. The van der Waals surface area contributed by atoms with E-state index in [-0.39, 0.29) is 35.3 Å². The second kappa shape index (κ2) is 13.4. The molecule has 2 atom stereocenters. The molecule has 0 amide bonds. The summed E-state index contributed by atoms with van der Waals surface area (Å²) in [6.45, 7) is 1.95. The fourth-order valence-electron chi connectivity index (χ4n) is 2.98. The Balaban J connectivity index is 1.75. The lowest BCUT2D eigenvalue weighted by Gasteiger charge is -2.19. The molecule has 0 aliphatic rings. The Labute approximate surface area is 190 Å². The SMILES string of the molecule is CCCC(OC(=O)CCC(S)c1ccccc1)OC(=O)CCC(S)c1ccccc1. The Bertz CT molecular complexity index is 704. The van der Waals surface area contributed by atoms with Crippen LogP contribution >= 0.6 is 25.3 Å². The van der Waals surface area contributed by atoms with Crippen LogP contribution in [0.3, 0.4) is 0 Å². The smallest absolute Gasteiger partial charge is 0.308 e. The highest BCUT2D eigenvalue weighted by molar-refractivity contribution is 7.80. The quantitative estimate of drug-likeness (QED) is 0.235. The largest absolute Gasteiger partial charge is 0.425 e. The van der Waals surface area contributed by atoms with Gasteiger partial charge in [0.1, 0.15) is 0 Å². The first-order valence-electron chi connectivity index (χ1n) is 10.3. The van der Waals surface area contributed by atoms with Crippen LogP contribution in [0, 0.1) is 0 Å². The second-order valence-corrected chi connectivity index (χ2v) is 8.37. The van der Waals surface area contributed by atoms with Gasteiger partial charge >= 0.3 is 11.9 Å². The van der Waals surface area contributed by atoms with Crippen molar-refractivity contribution in [3.63, 3.8) is 0 Å². The van der Waals surface area contributed by atoms with Gasteiger partial charge in [0.25, 0.3) is 0 Å². The van der Waals surface area contributed by atoms with Crippen molar-refractivity contribution in [3.8, 4) is 0 Å². The van der Waals surface area contributed by atoms with Crippen molar-refractivity contribution in [2.45, 2.75) is 62.2 Å². The van der Waals surface area contributed by atoms with E-state index in [0.29, 0.717) is 19.3 Å². The average Bonchev–Trinajstić information content (AvgIpc) is 2.77. The molecule has 6 heteroatoms. The van der Waals surface area contributed by atoms with Crippen molar-refractivity contribution in [2.75, 3.05) is 0 Å². The number of carbonyl (C=O) groups excluding carboxylic acids is 2. The number of benzene rings is 2. The summed E-state index contributed by atoms with van der Waals surface area (Å²) < 4.78 is 10.8. The first kappa shape index (κ1) is 24.4. The lowest BCUT2D eigenvalue weighted by Crippen LogP contribution is -2.24. The maximum Gasteiger partial charge on any atom is 0.308 e. The van der Waals surface area contributed by atoms with E-state index in [0.717, 1.165) is 17.5 Å². The van der Waals surface area contributed by atoms with Gasteiger partial charge < -0.3 is 9.47 Å². The highest BCUT2D eigenvalue weighted by Crippen LogP contribution is 2.26. The molecule has 0 aromatic heterocycles. The van der Waals surface area contributed by atoms with Crippen LogP contribution in [0.1, 0.15) is 67.1 Å². The van der Waals surface area contributed by atoms with Crippen LogP contribution < -0.4 is 0 Å². The van der Waals surface area contributed by atoms with Crippen molar-refractivity contribution in [2.24, 2.45) is 0 Å². The van der Waals surface area contributed by atoms with Crippen LogP contribution in [0.25, 0.3) is 0 Å². The van der Waals surface area contributed by atoms with Crippen molar-refractivity contribution in [1.29, 1.82) is 0 Å². The fraction of sp³-hybridized carbons (Fsp3) is 0.417. The van der Waals surface area contributed by atoms with Crippen LogP contribution in [0.2, 0.25) is 0 Å². The molecule has 0 heterocycles. The molecule has 2 rings (SSSR count). The van der Waals surface area contributed by atoms with Gasteiger partial charge in [0.05, 0.1) is 0 Å². The molecule has 162 valence electrons. The average molecular weight is 447 g/mol. The molecule has 0 N–H and O–H groups in total. The Hall–Kier alpha value is -1.92. The number of hydrogen-bond acceptors (Lipinski definition) is 6. The predicted octanol–water partition coefficient (Wildman–Crippen LogP) is 6.10. The van der Waals surface area contributed by atoms with Crippen molar-refractivity contribution in [3.05, 3.63) is 71.8 Å². The summed E-state index contributed by atoms with van der Waals surface area (Å²) >= 11 is 9.12. The minimum Gasteiger partial charge on any atom is -0.425 e. The molecule has 0 aliphatic heterocycles. The summed E-state index contributed by atoms with van der Waals surface area (Å²) in [7, 11) is 0. The summed E-state index contributed by atoms with van der Waals surface area (Å²) in [5, 5.41) is -0.0903. The summed E-state index contributed by atoms with van der Waals surface area (Å²) in [6.07, 6.45) is 1.91. The van der Waals surface area contributed by atoms with Crippen LogP contribution in [0.15, 0.2) is 60.7 Å². The topological polar surface area (TPSA) is 52.6 Å². The van der Waals surface area contributed by atoms with Crippen LogP contribution in [-0.2, 0) is 19.1 Å². The van der Waals surface area contributed by atoms with Gasteiger partial charge in [-0.1, -0.05) is 67.6 Å². The number of thiol groups is 2. The Morgan fingerprint density at radius 1 is 0.733 bits per heavy atom. The van der Waals surface area contributed by atoms with Gasteiger partial charge in [0.15, 0.2) is 0 Å². The minimum atomic E-state index is -0.847. The standard InChI is InChI=1S/C24H30O4S2/c1-2-9-24(27-22(25)16-14-20(29)18-10-5-3-6-11-18)28-23(26)17-15-21(30)19-12-7-4-8-13-19/h3-8,10-13,20-21,24,29-30H,2,9,14-17H2,1H3. The molecule has 0 saturated carbocycles. The molecule has 0 saturated heterocycles. The Morgan fingerprint density at radius 3 is 1.50 bits per heavy atom. The van der Waals surface area contributed by atoms with E-state index in [1.807, 2.05) is 67.6 Å². The number of hydrogen-bond donors (Lipinski definition) is 2. The van der Waals surface area contributed by atoms with Crippen LogP contribution in [0.5, 0.6) is 0 Å². The highest BCUT2D eigenvalue weighted by atomic mass is 32.1. The summed E-state index contributed by atoms with van der Waals surface area (Å²) in [5.41, 5.74) is 2.12. The number of esters is 2. The molecule has 4 nitrogen and oxygen atoms in total. The molecule has 0 spiro atoms. The lowest BCUT2D eigenvalue weighted by molar-refractivity contribution is -0.189. The van der Waals surface area contributed by atoms with E-state index in [2.05, 4.69) is 25.3 Å². The van der Waals surface area contributed by atoms with E-state index in [4.69, 9.17) is 9.47 Å². The first-order chi connectivity index (χ1) is 14.5. The van der Waals surface area contributed by atoms with Crippen LogP contribution in [0.4, 0.5) is 0 Å². The number of carbonyl (C=O) groups is 2. The van der Waals surface area contributed by atoms with E-state index in [9.17, 15) is 9.59 Å². The maximum atomic E-state index is 12.2. The highest BCUT2D eigenvalue weighted by Gasteiger charge is 2.20. The Morgan fingerprint density at radius 2 is 1.13 bits per heavy atom. The summed E-state index contributed by atoms with van der Waals surface area (Å²) in [6, 6.07) is 19.6. The summed E-state index contributed by atoms with van der Waals surface area (Å²) in [5.74, 6) is -0.764. The van der Waals surface area contributed by atoms with Gasteiger partial charge in [-0.15, -0.1) is 0 Å². The third-order valence-electron chi connectivity index (χ3n) is 4.66. The molecular formula is C24H30O4S2. The third-order valence-corrected chi connectivity index (χ3v) is 5.78. The normalized spacial score (nSPS) is 13.8. The molecule has 30 heavy (non-hydrogen) atoms. The molecular weight excluding hydrogens is 416 g/mol. The second-order valence-electron chi connectivity index (χ2n) is 7.13. The maximum absolute atomic E-state index is 12.2. The van der Waals surface area contributed by atoms with Gasteiger partial charge in [-0.3, -0.25) is 9.59 Å². The van der Waals surface area contributed by atoms with E-state index >= 15 is 0 Å². The molecule has 2 aromatic rings. The minimum absolute atomic E-state index is 0.0452. The van der Waals surface area contributed by atoms with Gasteiger partial charge in [-0.25, -0.2) is 0 Å². The molecule has 2 unspecified atom stereocenters. The van der Waals surface area contributed by atoms with Crippen molar-refractivity contribution < 1.29 is 19.1 Å². The lowest BCUT2D eigenvalue weighted by atomic mass is 10.1. The predicted molar refractivity (Wildman–Crippen MR) is 126 cm³/mol. The molecule has 0 radical (unpaired) electrons. The van der Waals surface area contributed by atoms with Crippen LogP contribution in [-0.4, -0.2) is 18.2 Å². The van der Waals surface area contributed by atoms with Crippen molar-refractivity contribution >= 4 is 37.2 Å². The van der Waals surface area contributed by atoms with Gasteiger partial charge in [0, 0.05) is 29.8 Å². The van der Waals surface area contributed by atoms with Gasteiger partial charge in [0.2, 0.25) is 6.29 Å². The number of ether oxygens (including phenoxy) is 2. The molecule has 2 aromatic carbocycles. The fourth-order valence-corrected chi connectivity index (χ4v) is 3.58. The first-order valence-corrected chi connectivity index (χ1v) is 11.4. The van der Waals surface area contributed by atoms with E-state index in [1.54, 1.807) is 0 Å². The third kappa shape index (κ3) is 8.84. The molecule has 0 fully saturated rings.